The molecule has 1 aliphatic heterocycles. The molecule has 1 heterocycles. The molecule has 0 unspecified atom stereocenters. The molecule has 94 valence electrons. The molecule has 0 aliphatic carbocycles. The van der Waals surface area contributed by atoms with Crippen molar-refractivity contribution in [2.24, 2.45) is 5.73 Å². The quantitative estimate of drug-likeness (QED) is 0.442. The zero-order chi connectivity index (χ0) is 13.0. The van der Waals surface area contributed by atoms with Gasteiger partial charge in [-0.3, -0.25) is 9.69 Å². The summed E-state index contributed by atoms with van der Waals surface area (Å²) in [6.45, 7) is 7.60. The summed E-state index contributed by atoms with van der Waals surface area (Å²) < 4.78 is 4.93. The van der Waals surface area contributed by atoms with Crippen LogP contribution in [-0.4, -0.2) is 41.3 Å². The minimum atomic E-state index is -0.612. The van der Waals surface area contributed by atoms with E-state index in [4.69, 9.17) is 10.5 Å². The van der Waals surface area contributed by atoms with Gasteiger partial charge in [-0.25, -0.2) is 4.79 Å². The first kappa shape index (κ1) is 13.6. The molecule has 0 aromatic carbocycles. The molecule has 6 heteroatoms. The van der Waals surface area contributed by atoms with Gasteiger partial charge in [0.1, 0.15) is 6.61 Å². The van der Waals surface area contributed by atoms with Crippen molar-refractivity contribution in [1.29, 1.82) is 0 Å². The van der Waals surface area contributed by atoms with E-state index in [1.54, 1.807) is 0 Å². The monoisotopic (exact) mass is 256 g/mol. The largest absolute Gasteiger partial charge is 0.445 e. The number of hydrogen-bond donors (Lipinski definition) is 2. The average Bonchev–Trinajstić information content (AvgIpc) is 2.66. The number of nitrogens with two attached hydrogens (primary N) is 1. The van der Waals surface area contributed by atoms with Crippen LogP contribution in [0.2, 0.25) is 0 Å². The summed E-state index contributed by atoms with van der Waals surface area (Å²) in [5.74, 6) is -0.612. The minimum absolute atomic E-state index is 0.00705. The Morgan fingerprint density at radius 1 is 1.59 bits per heavy atom. The van der Waals surface area contributed by atoms with E-state index in [1.165, 1.54) is 11.0 Å². The Labute approximate surface area is 106 Å². The summed E-state index contributed by atoms with van der Waals surface area (Å²) in [7, 11) is 0. The molecule has 2 N–H and O–H groups in total. The Morgan fingerprint density at radius 2 is 2.24 bits per heavy atom. The molecular formula is C11H16N2O3S. The van der Waals surface area contributed by atoms with Gasteiger partial charge in [0.15, 0.2) is 0 Å². The second-order valence-electron chi connectivity index (χ2n) is 3.81. The third kappa shape index (κ3) is 3.26. The fraction of sp³-hybridized carbons (Fsp3) is 0.455. The predicted molar refractivity (Wildman–Crippen MR) is 67.8 cm³/mol. The van der Waals surface area contributed by atoms with Crippen LogP contribution in [0, 0.1) is 0 Å². The first-order chi connectivity index (χ1) is 7.97. The van der Waals surface area contributed by atoms with E-state index in [-0.39, 0.29) is 17.4 Å². The van der Waals surface area contributed by atoms with Gasteiger partial charge < -0.3 is 10.5 Å². The number of hydrogen-bond acceptors (Lipinski definition) is 4. The number of carbonyl (C=O) groups excluding carboxylic acids is 2. The highest BCUT2D eigenvalue weighted by atomic mass is 32.1. The van der Waals surface area contributed by atoms with Crippen molar-refractivity contribution < 1.29 is 14.3 Å². The molecule has 0 radical (unpaired) electrons. The number of likely N-dealkylation sites (tertiary alicyclic amines) is 1. The van der Waals surface area contributed by atoms with Crippen LogP contribution in [0.5, 0.6) is 0 Å². The molecule has 1 saturated heterocycles. The van der Waals surface area contributed by atoms with Crippen molar-refractivity contribution in [3.05, 3.63) is 24.8 Å². The Hall–Kier alpha value is -1.43. The first-order valence-electron chi connectivity index (χ1n) is 5.18. The third-order valence-corrected chi connectivity index (χ3v) is 2.93. The normalized spacial score (nSPS) is 23.2. The van der Waals surface area contributed by atoms with Crippen molar-refractivity contribution in [2.45, 2.75) is 17.7 Å². The minimum Gasteiger partial charge on any atom is -0.445 e. The Balaban J connectivity index is 2.74. The number of ether oxygens (including phenoxy) is 1. The number of thiol groups is 1. The highest BCUT2D eigenvalue weighted by Gasteiger charge is 2.37. The van der Waals surface area contributed by atoms with Crippen LogP contribution in [0.4, 0.5) is 4.79 Å². The van der Waals surface area contributed by atoms with Gasteiger partial charge in [0.25, 0.3) is 0 Å². The van der Waals surface area contributed by atoms with Crippen LogP contribution in [0.1, 0.15) is 6.42 Å². The molecule has 0 aromatic rings. The number of amides is 2. The molecule has 1 aliphatic rings. The molecule has 5 nitrogen and oxygen atoms in total. The number of primary amides is 1. The molecule has 0 spiro atoms. The smallest absolute Gasteiger partial charge is 0.410 e. The van der Waals surface area contributed by atoms with Crippen molar-refractivity contribution in [1.82, 2.24) is 4.90 Å². The molecule has 0 saturated carbocycles. The van der Waals surface area contributed by atoms with E-state index in [0.29, 0.717) is 13.0 Å². The number of carbonyl (C=O) groups is 2. The van der Waals surface area contributed by atoms with E-state index in [2.05, 4.69) is 25.8 Å². The molecule has 0 bridgehead atoms. The maximum atomic E-state index is 11.7. The van der Waals surface area contributed by atoms with Gasteiger partial charge in [-0.2, -0.15) is 12.6 Å². The molecule has 0 aromatic heterocycles. The molecular weight excluding hydrogens is 240 g/mol. The Morgan fingerprint density at radius 3 is 2.76 bits per heavy atom. The Kier molecular flexibility index (Phi) is 4.62. The van der Waals surface area contributed by atoms with Gasteiger partial charge >= 0.3 is 6.09 Å². The predicted octanol–water partition coefficient (Wildman–Crippen LogP) is 0.723. The summed E-state index contributed by atoms with van der Waals surface area (Å²) in [5, 5.41) is -0.00705. The summed E-state index contributed by atoms with van der Waals surface area (Å²) in [6, 6.07) is -0.424. The maximum absolute atomic E-state index is 11.7. The summed E-state index contributed by atoms with van der Waals surface area (Å²) >= 11 is 4.30. The van der Waals surface area contributed by atoms with Crippen LogP contribution < -0.4 is 5.73 Å². The second-order valence-corrected chi connectivity index (χ2v) is 4.54. The van der Waals surface area contributed by atoms with Crippen LogP contribution in [0.25, 0.3) is 0 Å². The zero-order valence-corrected chi connectivity index (χ0v) is 10.4. The van der Waals surface area contributed by atoms with Crippen LogP contribution in [0.3, 0.4) is 0 Å². The zero-order valence-electron chi connectivity index (χ0n) is 9.46. The molecule has 1 fully saturated rings. The van der Waals surface area contributed by atoms with Crippen LogP contribution in [-0.2, 0) is 9.53 Å². The highest BCUT2D eigenvalue weighted by Crippen LogP contribution is 2.26. The van der Waals surface area contributed by atoms with Gasteiger partial charge in [0.2, 0.25) is 5.91 Å². The van der Waals surface area contributed by atoms with Crippen molar-refractivity contribution >= 4 is 24.6 Å². The second kappa shape index (κ2) is 5.77. The average molecular weight is 256 g/mol. The SMILES string of the molecule is C=CCOC(=O)N1C[C@@H](S)C[C@H]1C(=C)C(N)=O. The lowest BCUT2D eigenvalue weighted by Gasteiger charge is -2.23. The molecule has 17 heavy (non-hydrogen) atoms. The van der Waals surface area contributed by atoms with Gasteiger partial charge in [0.05, 0.1) is 6.04 Å². The molecule has 2 atom stereocenters. The van der Waals surface area contributed by atoms with E-state index in [9.17, 15) is 9.59 Å². The molecule has 1 rings (SSSR count). The fourth-order valence-corrected chi connectivity index (χ4v) is 2.10. The van der Waals surface area contributed by atoms with Gasteiger partial charge in [0, 0.05) is 17.4 Å². The van der Waals surface area contributed by atoms with Crippen LogP contribution >= 0.6 is 12.6 Å². The highest BCUT2D eigenvalue weighted by molar-refractivity contribution is 7.81. The van der Waals surface area contributed by atoms with E-state index < -0.39 is 18.0 Å². The van der Waals surface area contributed by atoms with E-state index in [1.807, 2.05) is 0 Å². The number of rotatable bonds is 4. The van der Waals surface area contributed by atoms with Gasteiger partial charge in [-0.15, -0.1) is 0 Å². The van der Waals surface area contributed by atoms with Crippen molar-refractivity contribution in [3.8, 4) is 0 Å². The summed E-state index contributed by atoms with van der Waals surface area (Å²) in [5.41, 5.74) is 5.37. The van der Waals surface area contributed by atoms with Gasteiger partial charge in [-0.1, -0.05) is 19.2 Å². The van der Waals surface area contributed by atoms with Crippen LogP contribution in [0.15, 0.2) is 24.8 Å². The lowest BCUT2D eigenvalue weighted by molar-refractivity contribution is -0.115. The number of nitrogens with zero attached hydrogens (tertiary/aromatic N) is 1. The summed E-state index contributed by atoms with van der Waals surface area (Å²) in [4.78, 5) is 24.2. The first-order valence-corrected chi connectivity index (χ1v) is 5.70. The third-order valence-electron chi connectivity index (χ3n) is 2.56. The van der Waals surface area contributed by atoms with E-state index >= 15 is 0 Å². The molecule has 2 amide bonds. The summed E-state index contributed by atoms with van der Waals surface area (Å²) in [6.07, 6.45) is 1.52. The fourth-order valence-electron chi connectivity index (χ4n) is 1.72. The standard InChI is InChI=1S/C11H16N2O3S/c1-3-4-16-11(15)13-6-8(17)5-9(13)7(2)10(12)14/h3,8-9,17H,1-2,4-6H2,(H2,12,14)/t8-,9-/m0/s1. The van der Waals surface area contributed by atoms with Gasteiger partial charge in [-0.05, 0) is 6.42 Å². The lowest BCUT2D eigenvalue weighted by atomic mass is 10.1. The maximum Gasteiger partial charge on any atom is 0.410 e. The van der Waals surface area contributed by atoms with E-state index in [0.717, 1.165) is 0 Å². The van der Waals surface area contributed by atoms with Crippen molar-refractivity contribution in [2.75, 3.05) is 13.2 Å². The lowest BCUT2D eigenvalue weighted by Crippen LogP contribution is -2.40. The topological polar surface area (TPSA) is 72.6 Å². The Bertz CT molecular complexity index is 357. The van der Waals surface area contributed by atoms with Crippen molar-refractivity contribution in [3.63, 3.8) is 0 Å².